The molecule has 6 heteroatoms. The summed E-state index contributed by atoms with van der Waals surface area (Å²) in [5, 5.41) is 0. The molecule has 0 N–H and O–H groups in total. The summed E-state index contributed by atoms with van der Waals surface area (Å²) in [5.41, 5.74) is 1.01. The second-order valence-corrected chi connectivity index (χ2v) is 6.10. The van der Waals surface area contributed by atoms with E-state index in [9.17, 15) is 8.68 Å². The van der Waals surface area contributed by atoms with Gasteiger partial charge < -0.3 is 9.47 Å². The van der Waals surface area contributed by atoms with E-state index in [0.29, 0.717) is 30.1 Å². The van der Waals surface area contributed by atoms with Crippen LogP contribution in [0, 0.1) is 0 Å². The van der Waals surface area contributed by atoms with Crippen LogP contribution in [0.1, 0.15) is 31.7 Å². The van der Waals surface area contributed by atoms with E-state index < -0.39 is 0 Å². The number of carbonyl (C=O) groups is 1. The predicted molar refractivity (Wildman–Crippen MR) is 79.7 cm³/mol. The second kappa shape index (κ2) is 7.31. The van der Waals surface area contributed by atoms with Crippen LogP contribution in [0.25, 0.3) is 0 Å². The molecule has 0 amide bonds. The van der Waals surface area contributed by atoms with E-state index in [-0.39, 0.29) is 24.2 Å². The third kappa shape index (κ3) is 3.88. The lowest BCUT2D eigenvalue weighted by molar-refractivity contribution is -0.143. The zero-order valence-corrected chi connectivity index (χ0v) is 13.6. The highest BCUT2D eigenvalue weighted by Crippen LogP contribution is 2.40. The van der Waals surface area contributed by atoms with Gasteiger partial charge in [0.2, 0.25) is 0 Å². The molecule has 1 aromatic rings. The molecule has 0 aliphatic carbocycles. The summed E-state index contributed by atoms with van der Waals surface area (Å²) in [4.78, 5) is 11.8. The Hall–Kier alpha value is -0.750. The lowest BCUT2D eigenvalue weighted by Crippen LogP contribution is -2.24. The number of benzene rings is 1. The molecule has 1 aliphatic rings. The van der Waals surface area contributed by atoms with E-state index in [1.165, 1.54) is 0 Å². The van der Waals surface area contributed by atoms with Gasteiger partial charge in [0.1, 0.15) is 5.75 Å². The molecule has 1 unspecified atom stereocenters. The number of ether oxygens (including phenoxy) is 2. The zero-order chi connectivity index (χ0) is 14.5. The van der Waals surface area contributed by atoms with E-state index >= 15 is 0 Å². The van der Waals surface area contributed by atoms with Gasteiger partial charge in [-0.05, 0) is 43.9 Å². The first-order valence-electron chi connectivity index (χ1n) is 6.57. The summed E-state index contributed by atoms with van der Waals surface area (Å²) in [6.07, 6.45) is 2.54. The van der Waals surface area contributed by atoms with Crippen molar-refractivity contribution < 1.29 is 18.2 Å². The number of carbonyl (C=O) groups excluding carboxylic acids is 1. The van der Waals surface area contributed by atoms with E-state index in [4.69, 9.17) is 9.47 Å². The van der Waals surface area contributed by atoms with Crippen molar-refractivity contribution >= 4 is 34.0 Å². The normalized spacial score (nSPS) is 17.2. The summed E-state index contributed by atoms with van der Waals surface area (Å²) >= 11 is 3.55. The molecular weight excluding hydrogens is 347 g/mol. The van der Waals surface area contributed by atoms with Crippen LogP contribution in [0.4, 0.5) is 3.89 Å². The van der Waals surface area contributed by atoms with Crippen molar-refractivity contribution in [2.24, 2.45) is 0 Å². The number of rotatable bonds is 5. The van der Waals surface area contributed by atoms with Crippen molar-refractivity contribution in [3.05, 3.63) is 22.2 Å². The fourth-order valence-corrected chi connectivity index (χ4v) is 3.33. The number of esters is 1. The number of halogens is 2. The van der Waals surface area contributed by atoms with E-state index in [1.807, 2.05) is 6.07 Å². The van der Waals surface area contributed by atoms with Gasteiger partial charge >= 0.3 is 5.97 Å². The maximum absolute atomic E-state index is 13.0. The monoisotopic (exact) mass is 362 g/mol. The van der Waals surface area contributed by atoms with E-state index in [0.717, 1.165) is 22.9 Å². The number of aryl methyl sites for hydroxylation is 1. The fourth-order valence-electron chi connectivity index (χ4n) is 2.26. The van der Waals surface area contributed by atoms with Crippen molar-refractivity contribution in [1.29, 1.82) is 0 Å². The highest BCUT2D eigenvalue weighted by atomic mass is 79.9. The molecule has 20 heavy (non-hydrogen) atoms. The van der Waals surface area contributed by atoms with Gasteiger partial charge in [-0.1, -0.05) is 15.9 Å². The number of fused-ring (bicyclic) bond motifs is 1. The van der Waals surface area contributed by atoms with Crippen LogP contribution in [0.15, 0.2) is 21.5 Å². The van der Waals surface area contributed by atoms with Gasteiger partial charge in [0.25, 0.3) is 0 Å². The molecule has 1 aliphatic heterocycles. The molecule has 0 saturated carbocycles. The molecular formula is C14H16BrFO3S. The van der Waals surface area contributed by atoms with Gasteiger partial charge in [-0.3, -0.25) is 4.79 Å². The zero-order valence-electron chi connectivity index (χ0n) is 11.2. The van der Waals surface area contributed by atoms with Crippen molar-refractivity contribution in [3.63, 3.8) is 0 Å². The first-order valence-corrected chi connectivity index (χ1v) is 8.08. The highest BCUT2D eigenvalue weighted by Gasteiger charge is 2.24. The van der Waals surface area contributed by atoms with E-state index in [1.54, 1.807) is 13.0 Å². The summed E-state index contributed by atoms with van der Waals surface area (Å²) in [6.45, 7) is 2.18. The molecule has 1 heterocycles. The Kier molecular flexibility index (Phi) is 5.72. The second-order valence-electron chi connectivity index (χ2n) is 4.59. The van der Waals surface area contributed by atoms with Gasteiger partial charge in [-0.25, -0.2) is 0 Å². The van der Waals surface area contributed by atoms with Crippen LogP contribution in [-0.4, -0.2) is 18.7 Å². The first kappa shape index (κ1) is 15.6. The van der Waals surface area contributed by atoms with Crippen LogP contribution in [0.2, 0.25) is 0 Å². The molecule has 0 saturated heterocycles. The molecule has 1 atom stereocenters. The van der Waals surface area contributed by atoms with Crippen molar-refractivity contribution in [3.8, 4) is 5.75 Å². The van der Waals surface area contributed by atoms with Crippen molar-refractivity contribution in [2.75, 3.05) is 6.61 Å². The molecule has 110 valence electrons. The van der Waals surface area contributed by atoms with Crippen LogP contribution >= 0.6 is 28.1 Å². The predicted octanol–water partition coefficient (Wildman–Crippen LogP) is 4.46. The molecule has 0 spiro atoms. The Morgan fingerprint density at radius 3 is 3.10 bits per heavy atom. The Morgan fingerprint density at radius 1 is 1.60 bits per heavy atom. The van der Waals surface area contributed by atoms with Gasteiger partial charge in [0.15, 0.2) is 0 Å². The molecule has 0 radical (unpaired) electrons. The standard InChI is InChI=1S/C14H16BrFO3S/c1-2-18-13(17)6-5-11-4-3-9-7-10(15)8-12(20-16)14(9)19-11/h7-8,11H,2-6H2,1H3. The SMILES string of the molecule is CCOC(=O)CCC1CCc2cc(Br)cc(SF)c2O1. The van der Waals surface area contributed by atoms with Crippen LogP contribution in [-0.2, 0) is 16.0 Å². The van der Waals surface area contributed by atoms with Crippen LogP contribution in [0.3, 0.4) is 0 Å². The number of hydrogen-bond donors (Lipinski definition) is 0. The Labute approximate surface area is 130 Å². The minimum absolute atomic E-state index is 0.0565. The quantitative estimate of drug-likeness (QED) is 0.724. The summed E-state index contributed by atoms with van der Waals surface area (Å²) in [5.74, 6) is 0.401. The summed E-state index contributed by atoms with van der Waals surface area (Å²) in [7, 11) is 0. The summed E-state index contributed by atoms with van der Waals surface area (Å²) < 4.78 is 24.6. The average molecular weight is 363 g/mol. The van der Waals surface area contributed by atoms with Crippen molar-refractivity contribution in [2.45, 2.75) is 43.6 Å². The third-order valence-electron chi connectivity index (χ3n) is 3.18. The third-order valence-corrected chi connectivity index (χ3v) is 4.10. The molecule has 2 rings (SSSR count). The Morgan fingerprint density at radius 2 is 2.40 bits per heavy atom. The van der Waals surface area contributed by atoms with Gasteiger partial charge in [0, 0.05) is 10.9 Å². The van der Waals surface area contributed by atoms with Crippen LogP contribution < -0.4 is 4.74 Å². The maximum atomic E-state index is 13.0. The topological polar surface area (TPSA) is 35.5 Å². The minimum Gasteiger partial charge on any atom is -0.489 e. The minimum atomic E-state index is -0.210. The molecule has 0 fully saturated rings. The van der Waals surface area contributed by atoms with Gasteiger partial charge in [-0.15, -0.1) is 0 Å². The lowest BCUT2D eigenvalue weighted by Gasteiger charge is -2.27. The Bertz CT molecular complexity index is 478. The highest BCUT2D eigenvalue weighted by molar-refractivity contribution is 9.10. The molecule has 0 aromatic heterocycles. The fraction of sp³-hybridized carbons (Fsp3) is 0.500. The lowest BCUT2D eigenvalue weighted by atomic mass is 9.99. The van der Waals surface area contributed by atoms with E-state index in [2.05, 4.69) is 15.9 Å². The average Bonchev–Trinajstić information content (AvgIpc) is 2.44. The molecule has 0 bridgehead atoms. The van der Waals surface area contributed by atoms with Crippen molar-refractivity contribution in [1.82, 2.24) is 0 Å². The first-order chi connectivity index (χ1) is 9.63. The molecule has 3 nitrogen and oxygen atoms in total. The number of hydrogen-bond acceptors (Lipinski definition) is 4. The van der Waals surface area contributed by atoms with Gasteiger partial charge in [-0.2, -0.15) is 3.89 Å². The largest absolute Gasteiger partial charge is 0.489 e. The van der Waals surface area contributed by atoms with Crippen LogP contribution in [0.5, 0.6) is 5.75 Å². The summed E-state index contributed by atoms with van der Waals surface area (Å²) in [6, 6.07) is 3.66. The smallest absolute Gasteiger partial charge is 0.305 e. The Balaban J connectivity index is 2.01. The molecule has 1 aromatic carbocycles. The van der Waals surface area contributed by atoms with Gasteiger partial charge in [0.05, 0.1) is 29.8 Å². The maximum Gasteiger partial charge on any atom is 0.305 e.